The number of nitrogens with zero attached hydrogens (tertiary/aromatic N) is 2. The zero-order valence-electron chi connectivity index (χ0n) is 27.0. The molecule has 2 heterocycles. The molecule has 0 bridgehead atoms. The molecule has 1 saturated heterocycles. The summed E-state index contributed by atoms with van der Waals surface area (Å²) in [7, 11) is 3.60. The molecule has 2 aliphatic rings. The summed E-state index contributed by atoms with van der Waals surface area (Å²) in [4.78, 5) is 20.6. The van der Waals surface area contributed by atoms with Crippen LogP contribution in [0.3, 0.4) is 0 Å². The number of unbranched alkanes of at least 4 members (excludes halogenated alkanes) is 2. The highest BCUT2D eigenvalue weighted by Crippen LogP contribution is 2.39. The van der Waals surface area contributed by atoms with Crippen molar-refractivity contribution in [2.75, 3.05) is 26.0 Å². The first-order chi connectivity index (χ1) is 21.9. The number of amides is 1. The highest BCUT2D eigenvalue weighted by atomic mass is 16.5. The molecule has 1 amide bonds. The standard InChI is InChI=1S/C39H45N3O3/c1-5-10-32-27(21-36(43)33-14-9-11-25(2)38(32)33)12-7-6-8-13-28-20-35-34(22-37(28)45-4)39(44)42-24-29(19-31(42)23-41-35)26-15-17-30(40-3)18-16-26/h9,11,14-18,20-23,29,31,40,43H,5-8,10,12-13,19,24H2,1-4H3. The van der Waals surface area contributed by atoms with Gasteiger partial charge < -0.3 is 20.1 Å². The fourth-order valence-corrected chi connectivity index (χ4v) is 7.34. The number of hydrogen-bond donors (Lipinski definition) is 2. The van der Waals surface area contributed by atoms with Gasteiger partial charge in [-0.25, -0.2) is 0 Å². The van der Waals surface area contributed by atoms with Crippen molar-refractivity contribution in [1.29, 1.82) is 0 Å². The number of nitrogens with one attached hydrogen (secondary N) is 1. The summed E-state index contributed by atoms with van der Waals surface area (Å²) in [6, 6.07) is 20.6. The number of carbonyl (C=O) groups excluding carboxylic acids is 1. The Morgan fingerprint density at radius 1 is 1.00 bits per heavy atom. The number of ether oxygens (including phenoxy) is 1. The van der Waals surface area contributed by atoms with E-state index < -0.39 is 0 Å². The van der Waals surface area contributed by atoms with Crippen molar-refractivity contribution >= 4 is 34.3 Å². The van der Waals surface area contributed by atoms with E-state index in [-0.39, 0.29) is 11.9 Å². The Kier molecular flexibility index (Phi) is 9.11. The van der Waals surface area contributed by atoms with Crippen LogP contribution in [0, 0.1) is 6.92 Å². The highest BCUT2D eigenvalue weighted by Gasteiger charge is 2.38. The average Bonchev–Trinajstić information content (AvgIpc) is 3.44. The van der Waals surface area contributed by atoms with Crippen LogP contribution >= 0.6 is 0 Å². The van der Waals surface area contributed by atoms with Crippen molar-refractivity contribution in [3.63, 3.8) is 0 Å². The molecule has 6 rings (SSSR count). The van der Waals surface area contributed by atoms with Crippen LogP contribution in [-0.4, -0.2) is 48.9 Å². The first kappa shape index (κ1) is 30.7. The number of aromatic hydroxyl groups is 1. The lowest BCUT2D eigenvalue weighted by Crippen LogP contribution is -2.35. The number of carbonyl (C=O) groups is 1. The lowest BCUT2D eigenvalue weighted by atomic mass is 9.90. The Labute approximate surface area is 267 Å². The van der Waals surface area contributed by atoms with Crippen LogP contribution < -0.4 is 10.1 Å². The molecule has 0 aliphatic carbocycles. The molecule has 2 unspecified atom stereocenters. The van der Waals surface area contributed by atoms with Gasteiger partial charge in [0.05, 0.1) is 24.4 Å². The predicted molar refractivity (Wildman–Crippen MR) is 185 cm³/mol. The number of phenolic OH excluding ortho intramolecular Hbond substituents is 1. The van der Waals surface area contributed by atoms with Gasteiger partial charge in [-0.15, -0.1) is 0 Å². The van der Waals surface area contributed by atoms with Crippen molar-refractivity contribution in [1.82, 2.24) is 4.90 Å². The molecule has 2 N–H and O–H groups in total. The summed E-state index contributed by atoms with van der Waals surface area (Å²) in [5, 5.41) is 16.1. The van der Waals surface area contributed by atoms with E-state index in [1.54, 1.807) is 7.11 Å². The van der Waals surface area contributed by atoms with E-state index in [4.69, 9.17) is 9.73 Å². The number of aryl methyl sites for hydroxylation is 4. The first-order valence-corrected chi connectivity index (χ1v) is 16.5. The smallest absolute Gasteiger partial charge is 0.256 e. The number of rotatable bonds is 11. The number of anilines is 1. The van der Waals surface area contributed by atoms with Crippen molar-refractivity contribution < 1.29 is 14.6 Å². The predicted octanol–water partition coefficient (Wildman–Crippen LogP) is 8.53. The minimum absolute atomic E-state index is 0.00995. The molecule has 0 saturated carbocycles. The lowest BCUT2D eigenvalue weighted by Gasteiger charge is -2.21. The summed E-state index contributed by atoms with van der Waals surface area (Å²) in [5.74, 6) is 1.46. The van der Waals surface area contributed by atoms with Gasteiger partial charge in [0.1, 0.15) is 11.5 Å². The number of fused-ring (bicyclic) bond motifs is 3. The van der Waals surface area contributed by atoms with E-state index in [1.807, 2.05) is 42.4 Å². The van der Waals surface area contributed by atoms with Gasteiger partial charge >= 0.3 is 0 Å². The average molecular weight is 604 g/mol. The third-order valence-electron chi connectivity index (χ3n) is 9.73. The third kappa shape index (κ3) is 6.15. The summed E-state index contributed by atoms with van der Waals surface area (Å²) >= 11 is 0. The van der Waals surface area contributed by atoms with Crippen LogP contribution in [0.4, 0.5) is 11.4 Å². The van der Waals surface area contributed by atoms with Crippen LogP contribution in [-0.2, 0) is 19.3 Å². The molecule has 0 aromatic heterocycles. The normalized spacial score (nSPS) is 17.3. The number of benzene rings is 4. The SMILES string of the molecule is CCCc1c(CCCCCc2cc3c(cc2OC)C(=O)N2CC(c4ccc(NC)cc4)CC2C=N3)cc(O)c2cccc(C)c12. The van der Waals surface area contributed by atoms with Gasteiger partial charge in [-0.3, -0.25) is 9.79 Å². The molecule has 1 fully saturated rings. The number of phenols is 1. The van der Waals surface area contributed by atoms with Crippen molar-refractivity contribution in [3.05, 3.63) is 94.0 Å². The molecule has 0 spiro atoms. The van der Waals surface area contributed by atoms with E-state index in [1.165, 1.54) is 27.6 Å². The summed E-state index contributed by atoms with van der Waals surface area (Å²) < 4.78 is 5.80. The zero-order valence-corrected chi connectivity index (χ0v) is 27.0. The van der Waals surface area contributed by atoms with Gasteiger partial charge in [0.15, 0.2) is 0 Å². The second-order valence-electron chi connectivity index (χ2n) is 12.6. The van der Waals surface area contributed by atoms with Gasteiger partial charge in [-0.1, -0.05) is 50.1 Å². The van der Waals surface area contributed by atoms with Crippen LogP contribution in [0.5, 0.6) is 11.5 Å². The van der Waals surface area contributed by atoms with E-state index in [0.717, 1.165) is 79.4 Å². The van der Waals surface area contributed by atoms with Crippen LogP contribution in [0.2, 0.25) is 0 Å². The minimum Gasteiger partial charge on any atom is -0.507 e. The lowest BCUT2D eigenvalue weighted by molar-refractivity contribution is 0.0772. The van der Waals surface area contributed by atoms with Gasteiger partial charge in [0, 0.05) is 36.8 Å². The Hall–Kier alpha value is -4.32. The number of hydrogen-bond acceptors (Lipinski definition) is 5. The second-order valence-corrected chi connectivity index (χ2v) is 12.6. The largest absolute Gasteiger partial charge is 0.507 e. The van der Waals surface area contributed by atoms with Crippen LogP contribution in [0.1, 0.15) is 83.1 Å². The molecule has 45 heavy (non-hydrogen) atoms. The van der Waals surface area contributed by atoms with Gasteiger partial charge in [-0.05, 0) is 109 Å². The molecule has 0 radical (unpaired) electrons. The highest BCUT2D eigenvalue weighted by molar-refractivity contribution is 6.03. The third-order valence-corrected chi connectivity index (χ3v) is 9.73. The fraction of sp³-hybridized carbons (Fsp3) is 0.385. The van der Waals surface area contributed by atoms with Crippen molar-refractivity contribution in [2.24, 2.45) is 4.99 Å². The Bertz CT molecular complexity index is 1730. The topological polar surface area (TPSA) is 74.2 Å². The van der Waals surface area contributed by atoms with Gasteiger partial charge in [-0.2, -0.15) is 0 Å². The molecule has 2 atom stereocenters. The summed E-state index contributed by atoms with van der Waals surface area (Å²) in [6.45, 7) is 5.05. The molecule has 6 nitrogen and oxygen atoms in total. The molecule has 2 aliphatic heterocycles. The minimum atomic E-state index is -0.00995. The quantitative estimate of drug-likeness (QED) is 0.169. The van der Waals surface area contributed by atoms with Gasteiger partial charge in [0.2, 0.25) is 0 Å². The first-order valence-electron chi connectivity index (χ1n) is 16.5. The summed E-state index contributed by atoms with van der Waals surface area (Å²) in [5.41, 5.74) is 8.68. The number of methoxy groups -OCH3 is 1. The molecular formula is C39H45N3O3. The Balaban J connectivity index is 1.12. The van der Waals surface area contributed by atoms with Crippen molar-refractivity contribution in [2.45, 2.75) is 77.2 Å². The monoisotopic (exact) mass is 603 g/mol. The Morgan fingerprint density at radius 2 is 1.78 bits per heavy atom. The van der Waals surface area contributed by atoms with Gasteiger partial charge in [0.25, 0.3) is 5.91 Å². The van der Waals surface area contributed by atoms with E-state index in [9.17, 15) is 9.90 Å². The second kappa shape index (κ2) is 13.4. The molecule has 6 heteroatoms. The maximum Gasteiger partial charge on any atom is 0.256 e. The van der Waals surface area contributed by atoms with Crippen LogP contribution in [0.25, 0.3) is 10.8 Å². The molecular weight excluding hydrogens is 558 g/mol. The van der Waals surface area contributed by atoms with Crippen molar-refractivity contribution in [3.8, 4) is 11.5 Å². The maximum atomic E-state index is 13.8. The maximum absolute atomic E-state index is 13.8. The Morgan fingerprint density at radius 3 is 2.51 bits per heavy atom. The molecule has 234 valence electrons. The summed E-state index contributed by atoms with van der Waals surface area (Å²) in [6.07, 6.45) is 9.88. The van der Waals surface area contributed by atoms with E-state index in [2.05, 4.69) is 55.6 Å². The van der Waals surface area contributed by atoms with Crippen LogP contribution in [0.15, 0.2) is 65.7 Å². The number of aliphatic imine (C=N–C) groups is 1. The molecule has 4 aromatic carbocycles. The van der Waals surface area contributed by atoms with E-state index in [0.29, 0.717) is 23.8 Å². The fourth-order valence-electron chi connectivity index (χ4n) is 7.34. The molecule has 4 aromatic rings. The van der Waals surface area contributed by atoms with E-state index >= 15 is 0 Å². The zero-order chi connectivity index (χ0) is 31.5.